The molecule has 22 heavy (non-hydrogen) atoms. The molecule has 0 aliphatic heterocycles. The lowest BCUT2D eigenvalue weighted by molar-refractivity contribution is 1.09. The first-order valence-corrected chi connectivity index (χ1v) is 7.19. The summed E-state index contributed by atoms with van der Waals surface area (Å²) in [6.07, 6.45) is 1.96. The van der Waals surface area contributed by atoms with E-state index >= 15 is 0 Å². The third-order valence-corrected chi connectivity index (χ3v) is 3.61. The van der Waals surface area contributed by atoms with Gasteiger partial charge in [-0.2, -0.15) is 0 Å². The summed E-state index contributed by atoms with van der Waals surface area (Å²) in [6, 6.07) is 12.0. The molecule has 112 valence electrons. The molecule has 0 radical (unpaired) electrons. The van der Waals surface area contributed by atoms with Crippen LogP contribution in [0.5, 0.6) is 0 Å². The maximum absolute atomic E-state index is 4.56. The van der Waals surface area contributed by atoms with Crippen LogP contribution in [0.1, 0.15) is 11.3 Å². The molecule has 0 saturated heterocycles. The normalized spacial score (nSPS) is 11.5. The van der Waals surface area contributed by atoms with Gasteiger partial charge in [0.15, 0.2) is 5.82 Å². The van der Waals surface area contributed by atoms with Crippen molar-refractivity contribution >= 4 is 22.8 Å². The van der Waals surface area contributed by atoms with E-state index in [0.717, 1.165) is 34.1 Å². The molecule has 0 unspecified atom stereocenters. The Morgan fingerprint density at radius 1 is 1.00 bits per heavy atom. The Morgan fingerprint density at radius 2 is 1.73 bits per heavy atom. The second kappa shape index (κ2) is 5.60. The van der Waals surface area contributed by atoms with Crippen LogP contribution in [0.25, 0.3) is 5.65 Å². The summed E-state index contributed by atoms with van der Waals surface area (Å²) < 4.78 is 1.97. The number of aromatic nitrogens is 2. The van der Waals surface area contributed by atoms with Crippen LogP contribution >= 0.6 is 0 Å². The Labute approximate surface area is 129 Å². The molecule has 0 amide bonds. The first-order valence-electron chi connectivity index (χ1n) is 7.19. The fourth-order valence-electron chi connectivity index (χ4n) is 2.35. The van der Waals surface area contributed by atoms with Gasteiger partial charge in [-0.25, -0.2) is 4.98 Å². The number of rotatable bonds is 3. The van der Waals surface area contributed by atoms with Gasteiger partial charge in [-0.1, -0.05) is 6.07 Å². The number of benzene rings is 1. The molecule has 0 fully saturated rings. The van der Waals surface area contributed by atoms with Crippen molar-refractivity contribution in [2.75, 3.05) is 19.0 Å². The van der Waals surface area contributed by atoms with Gasteiger partial charge in [0.05, 0.1) is 11.4 Å². The van der Waals surface area contributed by atoms with Gasteiger partial charge in [-0.15, -0.1) is 10.2 Å². The first kappa shape index (κ1) is 14.3. The fourth-order valence-corrected chi connectivity index (χ4v) is 2.35. The first-order chi connectivity index (χ1) is 10.6. The van der Waals surface area contributed by atoms with Gasteiger partial charge in [0.1, 0.15) is 5.65 Å². The van der Waals surface area contributed by atoms with Gasteiger partial charge in [-0.3, -0.25) is 4.40 Å². The molecule has 0 aliphatic carbocycles. The monoisotopic (exact) mass is 293 g/mol. The molecule has 1 aromatic carbocycles. The number of aryl methyl sites for hydroxylation is 2. The average Bonchev–Trinajstić information content (AvgIpc) is 2.83. The number of anilines is 1. The van der Waals surface area contributed by atoms with Crippen LogP contribution in [0.4, 0.5) is 17.2 Å². The maximum atomic E-state index is 4.56. The van der Waals surface area contributed by atoms with E-state index in [9.17, 15) is 0 Å². The Bertz CT molecular complexity index is 828. The minimum Gasteiger partial charge on any atom is -0.378 e. The van der Waals surface area contributed by atoms with E-state index < -0.39 is 0 Å². The summed E-state index contributed by atoms with van der Waals surface area (Å²) in [5.41, 5.74) is 4.90. The topological polar surface area (TPSA) is 45.3 Å². The summed E-state index contributed by atoms with van der Waals surface area (Å²) in [6.45, 7) is 4.00. The number of imidazole rings is 1. The third-order valence-electron chi connectivity index (χ3n) is 3.61. The standard InChI is InChI=1S/C17H19N5/c1-12-6-5-11-22-16(12)18-13(2)17(22)20-19-14-7-9-15(10-8-14)21(3)4/h5-11H,1-4H3. The lowest BCUT2D eigenvalue weighted by Gasteiger charge is -2.11. The van der Waals surface area contributed by atoms with Crippen LogP contribution in [0.3, 0.4) is 0 Å². The molecule has 0 aliphatic rings. The maximum Gasteiger partial charge on any atom is 0.182 e. The highest BCUT2D eigenvalue weighted by Gasteiger charge is 2.09. The molecule has 0 N–H and O–H groups in total. The number of hydrogen-bond acceptors (Lipinski definition) is 4. The van der Waals surface area contributed by atoms with E-state index in [-0.39, 0.29) is 0 Å². The summed E-state index contributed by atoms with van der Waals surface area (Å²) in [5, 5.41) is 8.73. The van der Waals surface area contributed by atoms with Gasteiger partial charge in [-0.05, 0) is 49.7 Å². The van der Waals surface area contributed by atoms with Gasteiger partial charge in [0.2, 0.25) is 0 Å². The van der Waals surface area contributed by atoms with Crippen molar-refractivity contribution in [1.82, 2.24) is 9.38 Å². The molecule has 3 aromatic rings. The SMILES string of the molecule is Cc1nc2c(C)cccn2c1N=Nc1ccc(N(C)C)cc1. The quantitative estimate of drug-likeness (QED) is 0.670. The number of fused-ring (bicyclic) bond motifs is 1. The van der Waals surface area contributed by atoms with E-state index in [1.807, 2.05) is 74.9 Å². The van der Waals surface area contributed by atoms with Crippen molar-refractivity contribution in [2.24, 2.45) is 10.2 Å². The molecule has 5 heteroatoms. The predicted octanol–water partition coefficient (Wildman–Crippen LogP) is 4.43. The van der Waals surface area contributed by atoms with Crippen molar-refractivity contribution in [2.45, 2.75) is 13.8 Å². The Kier molecular flexibility index (Phi) is 3.63. The summed E-state index contributed by atoms with van der Waals surface area (Å²) in [4.78, 5) is 6.62. The Morgan fingerprint density at radius 3 is 2.41 bits per heavy atom. The molecule has 3 rings (SSSR count). The zero-order valence-electron chi connectivity index (χ0n) is 13.3. The zero-order valence-corrected chi connectivity index (χ0v) is 13.3. The van der Waals surface area contributed by atoms with Crippen LogP contribution in [-0.4, -0.2) is 23.5 Å². The minimum absolute atomic E-state index is 0.774. The van der Waals surface area contributed by atoms with Crippen molar-refractivity contribution in [3.05, 3.63) is 53.9 Å². The van der Waals surface area contributed by atoms with Crippen molar-refractivity contribution in [3.8, 4) is 0 Å². The van der Waals surface area contributed by atoms with Crippen LogP contribution in [0, 0.1) is 13.8 Å². The van der Waals surface area contributed by atoms with Crippen molar-refractivity contribution in [1.29, 1.82) is 0 Å². The Balaban J connectivity index is 1.95. The molecule has 0 saturated carbocycles. The predicted molar refractivity (Wildman–Crippen MR) is 89.6 cm³/mol. The second-order valence-corrected chi connectivity index (χ2v) is 5.52. The van der Waals surface area contributed by atoms with E-state index in [2.05, 4.69) is 20.1 Å². The highest BCUT2D eigenvalue weighted by molar-refractivity contribution is 5.56. The highest BCUT2D eigenvalue weighted by Crippen LogP contribution is 2.25. The minimum atomic E-state index is 0.774. The lowest BCUT2D eigenvalue weighted by Crippen LogP contribution is -2.07. The highest BCUT2D eigenvalue weighted by atomic mass is 15.2. The molecule has 0 spiro atoms. The molecule has 5 nitrogen and oxygen atoms in total. The van der Waals surface area contributed by atoms with Crippen molar-refractivity contribution < 1.29 is 0 Å². The number of nitrogens with zero attached hydrogens (tertiary/aromatic N) is 5. The van der Waals surface area contributed by atoms with Gasteiger partial charge in [0, 0.05) is 26.0 Å². The largest absolute Gasteiger partial charge is 0.378 e. The van der Waals surface area contributed by atoms with E-state index in [1.165, 1.54) is 0 Å². The zero-order chi connectivity index (χ0) is 15.7. The van der Waals surface area contributed by atoms with Crippen LogP contribution in [0.2, 0.25) is 0 Å². The van der Waals surface area contributed by atoms with Gasteiger partial charge < -0.3 is 4.90 Å². The third kappa shape index (κ3) is 2.57. The van der Waals surface area contributed by atoms with Gasteiger partial charge >= 0.3 is 0 Å². The van der Waals surface area contributed by atoms with Crippen molar-refractivity contribution in [3.63, 3.8) is 0 Å². The molecule has 2 heterocycles. The number of azo groups is 1. The van der Waals surface area contributed by atoms with Crippen LogP contribution in [0.15, 0.2) is 52.8 Å². The Hall–Kier alpha value is -2.69. The van der Waals surface area contributed by atoms with Gasteiger partial charge in [0.25, 0.3) is 0 Å². The summed E-state index contributed by atoms with van der Waals surface area (Å²) >= 11 is 0. The molecule has 2 aromatic heterocycles. The summed E-state index contributed by atoms with van der Waals surface area (Å²) in [7, 11) is 4.03. The van der Waals surface area contributed by atoms with Crippen LogP contribution < -0.4 is 4.90 Å². The number of pyridine rings is 1. The molecule has 0 atom stereocenters. The summed E-state index contributed by atoms with van der Waals surface area (Å²) in [5.74, 6) is 0.774. The van der Waals surface area contributed by atoms with E-state index in [1.54, 1.807) is 0 Å². The second-order valence-electron chi connectivity index (χ2n) is 5.52. The smallest absolute Gasteiger partial charge is 0.182 e. The molecular weight excluding hydrogens is 274 g/mol. The van der Waals surface area contributed by atoms with E-state index in [4.69, 9.17) is 0 Å². The number of hydrogen-bond donors (Lipinski definition) is 0. The average molecular weight is 293 g/mol. The lowest BCUT2D eigenvalue weighted by atomic mass is 10.3. The van der Waals surface area contributed by atoms with E-state index in [0.29, 0.717) is 0 Å². The molecular formula is C17H19N5. The fraction of sp³-hybridized carbons (Fsp3) is 0.235. The molecule has 0 bridgehead atoms. The van der Waals surface area contributed by atoms with Crippen LogP contribution in [-0.2, 0) is 0 Å².